The van der Waals surface area contributed by atoms with E-state index in [1.807, 2.05) is 0 Å². The summed E-state index contributed by atoms with van der Waals surface area (Å²) in [5.41, 5.74) is 1.23. The first-order valence-corrected chi connectivity index (χ1v) is 7.58. The van der Waals surface area contributed by atoms with Crippen molar-refractivity contribution in [2.24, 2.45) is 0 Å². The largest absolute Gasteiger partial charge is 0.476 e. The molecule has 3 aromatic rings. The number of pyridine rings is 1. The number of nitrogens with zero attached hydrogens (tertiary/aromatic N) is 5. The van der Waals surface area contributed by atoms with Gasteiger partial charge in [-0.15, -0.1) is 0 Å². The molecule has 4 heterocycles. The highest BCUT2D eigenvalue weighted by atomic mass is 19.1. The van der Waals surface area contributed by atoms with Crippen molar-refractivity contribution < 1.29 is 14.3 Å². The van der Waals surface area contributed by atoms with Crippen LogP contribution in [-0.4, -0.2) is 37.2 Å². The molecule has 122 valence electrons. The molecule has 7 nitrogen and oxygen atoms in total. The molecule has 0 saturated carbocycles. The number of aromatic carboxylic acids is 1. The van der Waals surface area contributed by atoms with Gasteiger partial charge in [0.2, 0.25) is 0 Å². The van der Waals surface area contributed by atoms with E-state index < -0.39 is 5.97 Å². The highest BCUT2D eigenvalue weighted by Crippen LogP contribution is 2.35. The zero-order valence-corrected chi connectivity index (χ0v) is 12.6. The van der Waals surface area contributed by atoms with Crippen LogP contribution in [0, 0.1) is 5.82 Å². The molecule has 1 N–H and O–H groups in total. The Morgan fingerprint density at radius 3 is 3.00 bits per heavy atom. The van der Waals surface area contributed by atoms with E-state index in [4.69, 9.17) is 5.11 Å². The smallest absolute Gasteiger partial charge is 0.356 e. The predicted molar refractivity (Wildman–Crippen MR) is 83.5 cm³/mol. The minimum absolute atomic E-state index is 0.00464. The number of fused-ring (bicyclic) bond motifs is 1. The topological polar surface area (TPSA) is 83.6 Å². The van der Waals surface area contributed by atoms with Gasteiger partial charge >= 0.3 is 5.97 Å². The number of carbonyl (C=O) groups is 1. The fraction of sp³-hybridized carbons (Fsp3) is 0.250. The minimum atomic E-state index is -1.09. The molecule has 1 unspecified atom stereocenters. The molecule has 0 spiro atoms. The fourth-order valence-corrected chi connectivity index (χ4v) is 3.13. The van der Waals surface area contributed by atoms with Crippen LogP contribution in [-0.2, 0) is 0 Å². The maximum atomic E-state index is 13.5. The molecule has 1 fully saturated rings. The van der Waals surface area contributed by atoms with E-state index in [9.17, 15) is 9.18 Å². The van der Waals surface area contributed by atoms with Gasteiger partial charge in [-0.25, -0.2) is 18.7 Å². The summed E-state index contributed by atoms with van der Waals surface area (Å²) in [4.78, 5) is 21.5. The molecule has 0 amide bonds. The fourth-order valence-electron chi connectivity index (χ4n) is 3.13. The highest BCUT2D eigenvalue weighted by molar-refractivity contribution is 5.86. The van der Waals surface area contributed by atoms with Crippen molar-refractivity contribution in [2.75, 3.05) is 11.4 Å². The molecule has 0 radical (unpaired) electrons. The second-order valence-corrected chi connectivity index (χ2v) is 5.71. The van der Waals surface area contributed by atoms with Crippen LogP contribution in [0.2, 0.25) is 0 Å². The van der Waals surface area contributed by atoms with Gasteiger partial charge in [-0.05, 0) is 30.5 Å². The Morgan fingerprint density at radius 2 is 2.21 bits per heavy atom. The Kier molecular flexibility index (Phi) is 3.37. The zero-order chi connectivity index (χ0) is 16.7. The Labute approximate surface area is 136 Å². The Morgan fingerprint density at radius 1 is 1.33 bits per heavy atom. The van der Waals surface area contributed by atoms with Crippen LogP contribution in [0.25, 0.3) is 5.65 Å². The summed E-state index contributed by atoms with van der Waals surface area (Å²) in [7, 11) is 0. The van der Waals surface area contributed by atoms with Gasteiger partial charge < -0.3 is 10.0 Å². The Balaban J connectivity index is 1.71. The van der Waals surface area contributed by atoms with Crippen LogP contribution >= 0.6 is 0 Å². The molecule has 3 aromatic heterocycles. The van der Waals surface area contributed by atoms with Gasteiger partial charge in [0.25, 0.3) is 0 Å². The van der Waals surface area contributed by atoms with Crippen LogP contribution in [0.3, 0.4) is 0 Å². The first-order valence-electron chi connectivity index (χ1n) is 7.58. The maximum Gasteiger partial charge on any atom is 0.356 e. The average molecular weight is 327 g/mol. The van der Waals surface area contributed by atoms with Gasteiger partial charge in [-0.3, -0.25) is 4.98 Å². The molecule has 0 aromatic carbocycles. The summed E-state index contributed by atoms with van der Waals surface area (Å²) in [6.45, 7) is 0.796. The van der Waals surface area contributed by atoms with E-state index in [-0.39, 0.29) is 17.6 Å². The van der Waals surface area contributed by atoms with Crippen molar-refractivity contribution >= 4 is 17.4 Å². The van der Waals surface area contributed by atoms with Crippen LogP contribution in [0.4, 0.5) is 10.2 Å². The summed E-state index contributed by atoms with van der Waals surface area (Å²) in [6, 6.07) is 4.72. The number of rotatable bonds is 3. The van der Waals surface area contributed by atoms with Crippen LogP contribution in [0.1, 0.15) is 34.9 Å². The predicted octanol–water partition coefficient (Wildman–Crippen LogP) is 2.30. The molecular formula is C16H14FN5O2. The van der Waals surface area contributed by atoms with E-state index >= 15 is 0 Å². The lowest BCUT2D eigenvalue weighted by Gasteiger charge is -2.25. The van der Waals surface area contributed by atoms with Crippen molar-refractivity contribution in [3.8, 4) is 0 Å². The molecule has 0 aliphatic carbocycles. The van der Waals surface area contributed by atoms with E-state index in [0.717, 1.165) is 24.9 Å². The van der Waals surface area contributed by atoms with Gasteiger partial charge in [0, 0.05) is 25.0 Å². The van der Waals surface area contributed by atoms with E-state index in [1.54, 1.807) is 18.5 Å². The lowest BCUT2D eigenvalue weighted by atomic mass is 10.1. The summed E-state index contributed by atoms with van der Waals surface area (Å²) in [5.74, 6) is -0.734. The molecule has 24 heavy (non-hydrogen) atoms. The summed E-state index contributed by atoms with van der Waals surface area (Å²) < 4.78 is 14.9. The number of carboxylic acids is 1. The first-order chi connectivity index (χ1) is 11.6. The van der Waals surface area contributed by atoms with E-state index in [1.165, 1.54) is 22.8 Å². The van der Waals surface area contributed by atoms with Crippen LogP contribution < -0.4 is 4.90 Å². The van der Waals surface area contributed by atoms with Crippen LogP contribution in [0.15, 0.2) is 36.8 Å². The standard InChI is InChI=1S/C16H14FN5O2/c17-11-6-10(8-18-9-11)13-2-1-4-21(13)14-3-5-22-15(19-14)7-12(20-22)16(23)24/h3,5-9,13H,1-2,4H2,(H,23,24). The van der Waals surface area contributed by atoms with Crippen molar-refractivity contribution in [2.45, 2.75) is 18.9 Å². The lowest BCUT2D eigenvalue weighted by Crippen LogP contribution is -2.24. The van der Waals surface area contributed by atoms with Crippen LogP contribution in [0.5, 0.6) is 0 Å². The van der Waals surface area contributed by atoms with E-state index in [2.05, 4.69) is 20.0 Å². The third-order valence-electron chi connectivity index (χ3n) is 4.19. The summed E-state index contributed by atoms with van der Waals surface area (Å²) in [6.07, 6.45) is 6.40. The number of anilines is 1. The molecule has 8 heteroatoms. The molecule has 1 aliphatic rings. The zero-order valence-electron chi connectivity index (χ0n) is 12.6. The van der Waals surface area contributed by atoms with Gasteiger partial charge in [0.1, 0.15) is 11.6 Å². The van der Waals surface area contributed by atoms with Gasteiger partial charge in [0.05, 0.1) is 12.2 Å². The number of carboxylic acid groups (broad SMARTS) is 1. The molecular weight excluding hydrogens is 313 g/mol. The Bertz CT molecular complexity index is 926. The number of aromatic nitrogens is 4. The third-order valence-corrected chi connectivity index (χ3v) is 4.19. The third kappa shape index (κ3) is 2.45. The Hall–Kier alpha value is -3.03. The lowest BCUT2D eigenvalue weighted by molar-refractivity contribution is 0.0690. The normalized spacial score (nSPS) is 17.5. The molecule has 4 rings (SSSR count). The number of hydrogen-bond donors (Lipinski definition) is 1. The van der Waals surface area contributed by atoms with Gasteiger partial charge in [-0.2, -0.15) is 5.10 Å². The van der Waals surface area contributed by atoms with Crippen molar-refractivity contribution in [1.29, 1.82) is 0 Å². The number of halogens is 1. The average Bonchev–Trinajstić information content (AvgIpc) is 3.21. The maximum absolute atomic E-state index is 13.5. The number of hydrogen-bond acceptors (Lipinski definition) is 5. The highest BCUT2D eigenvalue weighted by Gasteiger charge is 2.28. The second kappa shape index (κ2) is 5.55. The monoisotopic (exact) mass is 327 g/mol. The summed E-state index contributed by atoms with van der Waals surface area (Å²) in [5, 5.41) is 13.0. The molecule has 1 atom stereocenters. The quantitative estimate of drug-likeness (QED) is 0.795. The van der Waals surface area contributed by atoms with Crippen molar-refractivity contribution in [1.82, 2.24) is 19.6 Å². The summed E-state index contributed by atoms with van der Waals surface area (Å²) >= 11 is 0. The van der Waals surface area contributed by atoms with Crippen molar-refractivity contribution in [3.05, 3.63) is 53.9 Å². The molecule has 1 aliphatic heterocycles. The first kappa shape index (κ1) is 14.6. The minimum Gasteiger partial charge on any atom is -0.476 e. The van der Waals surface area contributed by atoms with Crippen molar-refractivity contribution in [3.63, 3.8) is 0 Å². The van der Waals surface area contributed by atoms with E-state index in [0.29, 0.717) is 11.5 Å². The van der Waals surface area contributed by atoms with Gasteiger partial charge in [-0.1, -0.05) is 0 Å². The molecule has 1 saturated heterocycles. The second-order valence-electron chi connectivity index (χ2n) is 5.71. The van der Waals surface area contributed by atoms with Gasteiger partial charge in [0.15, 0.2) is 11.3 Å². The molecule has 0 bridgehead atoms. The SMILES string of the molecule is O=C(O)c1cc2nc(N3CCCC3c3cncc(F)c3)ccn2n1.